The highest BCUT2D eigenvalue weighted by atomic mass is 32.2. The number of rotatable bonds is 3. The number of hydrogen-bond acceptors (Lipinski definition) is 3. The molecule has 108 valence electrons. The number of urea groups is 1. The van der Waals surface area contributed by atoms with Crippen LogP contribution in [0.5, 0.6) is 0 Å². The molecular formula is C13H22N2O3S. The second-order valence-corrected chi connectivity index (χ2v) is 7.41. The highest BCUT2D eigenvalue weighted by Gasteiger charge is 2.39. The molecule has 0 aliphatic carbocycles. The van der Waals surface area contributed by atoms with Crippen LogP contribution >= 0.6 is 11.8 Å². The normalized spacial score (nSPS) is 34.5. The van der Waals surface area contributed by atoms with Crippen molar-refractivity contribution in [2.24, 2.45) is 5.92 Å². The molecule has 3 atom stereocenters. The number of carboxylic acids is 1. The molecule has 19 heavy (non-hydrogen) atoms. The average molecular weight is 286 g/mol. The summed E-state index contributed by atoms with van der Waals surface area (Å²) in [6, 6.07) is -0.341. The van der Waals surface area contributed by atoms with E-state index in [4.69, 9.17) is 5.11 Å². The molecule has 3 unspecified atom stereocenters. The Bertz CT molecular complexity index is 369. The van der Waals surface area contributed by atoms with E-state index in [0.717, 1.165) is 12.2 Å². The van der Waals surface area contributed by atoms with Gasteiger partial charge in [0.05, 0.1) is 5.92 Å². The Balaban J connectivity index is 1.85. The van der Waals surface area contributed by atoms with Crippen molar-refractivity contribution in [3.8, 4) is 0 Å². The van der Waals surface area contributed by atoms with Gasteiger partial charge in [0.15, 0.2) is 0 Å². The second kappa shape index (κ2) is 5.61. The molecule has 0 saturated carbocycles. The molecule has 2 aliphatic rings. The summed E-state index contributed by atoms with van der Waals surface area (Å²) < 4.78 is 0.144. The molecule has 0 aromatic heterocycles. The van der Waals surface area contributed by atoms with Crippen LogP contribution in [-0.4, -0.2) is 51.6 Å². The number of nitrogens with zero attached hydrogens (tertiary/aromatic N) is 1. The lowest BCUT2D eigenvalue weighted by Crippen LogP contribution is -2.47. The van der Waals surface area contributed by atoms with E-state index in [1.165, 1.54) is 6.42 Å². The highest BCUT2D eigenvalue weighted by molar-refractivity contribution is 8.00. The van der Waals surface area contributed by atoms with Crippen molar-refractivity contribution in [1.29, 1.82) is 0 Å². The number of nitrogens with one attached hydrogen (secondary N) is 1. The van der Waals surface area contributed by atoms with Crippen LogP contribution in [0.3, 0.4) is 0 Å². The number of carbonyl (C=O) groups is 2. The molecular weight excluding hydrogens is 264 g/mol. The fourth-order valence-corrected chi connectivity index (χ4v) is 4.14. The maximum atomic E-state index is 12.1. The molecule has 5 nitrogen and oxygen atoms in total. The summed E-state index contributed by atoms with van der Waals surface area (Å²) in [5.74, 6) is -0.0728. The Morgan fingerprint density at radius 1 is 1.53 bits per heavy atom. The van der Waals surface area contributed by atoms with Crippen LogP contribution in [0.4, 0.5) is 4.79 Å². The minimum atomic E-state index is -0.805. The van der Waals surface area contributed by atoms with Crippen LogP contribution in [0, 0.1) is 5.92 Å². The van der Waals surface area contributed by atoms with Crippen LogP contribution in [0.2, 0.25) is 0 Å². The van der Waals surface area contributed by atoms with E-state index in [9.17, 15) is 9.59 Å². The van der Waals surface area contributed by atoms with Crippen LogP contribution in [-0.2, 0) is 4.79 Å². The van der Waals surface area contributed by atoms with Gasteiger partial charge in [0.25, 0.3) is 0 Å². The van der Waals surface area contributed by atoms with E-state index >= 15 is 0 Å². The van der Waals surface area contributed by atoms with Gasteiger partial charge in [0.1, 0.15) is 0 Å². The van der Waals surface area contributed by atoms with Crippen molar-refractivity contribution in [2.45, 2.75) is 43.9 Å². The monoisotopic (exact) mass is 286 g/mol. The molecule has 2 amide bonds. The zero-order chi connectivity index (χ0) is 14.0. The van der Waals surface area contributed by atoms with Crippen molar-refractivity contribution >= 4 is 23.8 Å². The van der Waals surface area contributed by atoms with Gasteiger partial charge >= 0.3 is 12.0 Å². The first-order valence-corrected chi connectivity index (χ1v) is 7.83. The Labute approximate surface area is 118 Å². The van der Waals surface area contributed by atoms with Gasteiger partial charge in [-0.15, -0.1) is 0 Å². The molecule has 2 aliphatic heterocycles. The topological polar surface area (TPSA) is 69.6 Å². The van der Waals surface area contributed by atoms with Gasteiger partial charge in [-0.25, -0.2) is 4.79 Å². The molecule has 2 saturated heterocycles. The molecule has 6 heteroatoms. The first kappa shape index (κ1) is 14.5. The van der Waals surface area contributed by atoms with E-state index in [2.05, 4.69) is 12.2 Å². The standard InChI is InChI=1S/C13H22N2O3S/c1-9-10(11(16)17)4-6-15(9)12(18)14-8-13(2)5-3-7-19-13/h9-10H,3-8H2,1-2H3,(H,14,18)(H,16,17). The van der Waals surface area contributed by atoms with Crippen molar-refractivity contribution < 1.29 is 14.7 Å². The van der Waals surface area contributed by atoms with Crippen LogP contribution in [0.25, 0.3) is 0 Å². The van der Waals surface area contributed by atoms with Gasteiger partial charge in [-0.3, -0.25) is 4.79 Å². The smallest absolute Gasteiger partial charge is 0.317 e. The predicted molar refractivity (Wildman–Crippen MR) is 75.4 cm³/mol. The zero-order valence-electron chi connectivity index (χ0n) is 11.5. The highest BCUT2D eigenvalue weighted by Crippen LogP contribution is 2.37. The lowest BCUT2D eigenvalue weighted by molar-refractivity contribution is -0.142. The van der Waals surface area contributed by atoms with Gasteiger partial charge in [-0.1, -0.05) is 0 Å². The third kappa shape index (κ3) is 3.16. The molecule has 2 fully saturated rings. The number of amides is 2. The van der Waals surface area contributed by atoms with Crippen molar-refractivity contribution in [3.63, 3.8) is 0 Å². The quantitative estimate of drug-likeness (QED) is 0.829. The fourth-order valence-electron chi connectivity index (χ4n) is 2.90. The van der Waals surface area contributed by atoms with E-state index in [1.54, 1.807) is 4.90 Å². The van der Waals surface area contributed by atoms with E-state index in [-0.39, 0.29) is 16.8 Å². The van der Waals surface area contributed by atoms with Crippen LogP contribution in [0.15, 0.2) is 0 Å². The van der Waals surface area contributed by atoms with E-state index < -0.39 is 11.9 Å². The molecule has 0 aromatic carbocycles. The number of carboxylic acid groups (broad SMARTS) is 1. The third-order valence-electron chi connectivity index (χ3n) is 4.25. The summed E-state index contributed by atoms with van der Waals surface area (Å²) in [5, 5.41) is 12.0. The first-order valence-electron chi connectivity index (χ1n) is 6.84. The molecule has 0 spiro atoms. The van der Waals surface area contributed by atoms with Gasteiger partial charge in [0.2, 0.25) is 0 Å². The minimum absolute atomic E-state index is 0.120. The molecule has 0 bridgehead atoms. The molecule has 2 rings (SSSR count). The lowest BCUT2D eigenvalue weighted by atomic mass is 10.0. The van der Waals surface area contributed by atoms with Gasteiger partial charge in [0, 0.05) is 23.9 Å². The molecule has 2 heterocycles. The number of hydrogen-bond donors (Lipinski definition) is 2. The molecule has 2 N–H and O–H groups in total. The fraction of sp³-hybridized carbons (Fsp3) is 0.846. The Kier molecular flexibility index (Phi) is 4.28. The molecule has 0 aromatic rings. The number of thioether (sulfide) groups is 1. The summed E-state index contributed by atoms with van der Waals surface area (Å²) >= 11 is 1.91. The SMILES string of the molecule is CC1C(C(=O)O)CCN1C(=O)NCC1(C)CCCS1. The van der Waals surface area contributed by atoms with Gasteiger partial charge < -0.3 is 15.3 Å². The Hall–Kier alpha value is -0.910. The Morgan fingerprint density at radius 2 is 2.26 bits per heavy atom. The summed E-state index contributed by atoms with van der Waals surface area (Å²) in [7, 11) is 0. The van der Waals surface area contributed by atoms with Crippen molar-refractivity contribution in [1.82, 2.24) is 10.2 Å². The van der Waals surface area contributed by atoms with Crippen LogP contribution in [0.1, 0.15) is 33.1 Å². The first-order chi connectivity index (χ1) is 8.93. The Morgan fingerprint density at radius 3 is 2.79 bits per heavy atom. The molecule has 0 radical (unpaired) electrons. The predicted octanol–water partition coefficient (Wildman–Crippen LogP) is 1.78. The lowest BCUT2D eigenvalue weighted by Gasteiger charge is -2.27. The summed E-state index contributed by atoms with van der Waals surface area (Å²) in [6.07, 6.45) is 2.89. The minimum Gasteiger partial charge on any atom is -0.481 e. The average Bonchev–Trinajstić information content (AvgIpc) is 2.93. The van der Waals surface area contributed by atoms with Crippen molar-refractivity contribution in [2.75, 3.05) is 18.8 Å². The van der Waals surface area contributed by atoms with Gasteiger partial charge in [-0.2, -0.15) is 11.8 Å². The van der Waals surface area contributed by atoms with Crippen LogP contribution < -0.4 is 5.32 Å². The number of aliphatic carboxylic acids is 1. The number of likely N-dealkylation sites (tertiary alicyclic amines) is 1. The third-order valence-corrected chi connectivity index (χ3v) is 5.79. The largest absolute Gasteiger partial charge is 0.481 e. The van der Waals surface area contributed by atoms with E-state index in [1.807, 2.05) is 18.7 Å². The zero-order valence-corrected chi connectivity index (χ0v) is 12.3. The summed E-state index contributed by atoms with van der Waals surface area (Å²) in [5.41, 5.74) is 0. The maximum Gasteiger partial charge on any atom is 0.317 e. The van der Waals surface area contributed by atoms with Gasteiger partial charge in [-0.05, 0) is 38.9 Å². The maximum absolute atomic E-state index is 12.1. The number of carbonyl (C=O) groups excluding carboxylic acids is 1. The second-order valence-electron chi connectivity index (χ2n) is 5.73. The van der Waals surface area contributed by atoms with Crippen molar-refractivity contribution in [3.05, 3.63) is 0 Å². The summed E-state index contributed by atoms with van der Waals surface area (Å²) in [4.78, 5) is 24.8. The summed E-state index contributed by atoms with van der Waals surface area (Å²) in [6.45, 7) is 5.20. The van der Waals surface area contributed by atoms with E-state index in [0.29, 0.717) is 19.5 Å².